The number of carbonyl (C=O) groups is 1. The maximum Gasteiger partial charge on any atom is 0.303 e. The maximum atomic E-state index is 10.6. The van der Waals surface area contributed by atoms with Crippen LogP contribution in [0.15, 0.2) is 18.2 Å². The summed E-state index contributed by atoms with van der Waals surface area (Å²) in [6.07, 6.45) is 0.616. The number of hydrogen-bond donors (Lipinski definition) is 1. The van der Waals surface area contributed by atoms with Crippen LogP contribution in [-0.4, -0.2) is 24.3 Å². The van der Waals surface area contributed by atoms with Gasteiger partial charge in [0.2, 0.25) is 0 Å². The highest BCUT2D eigenvalue weighted by Gasteiger charge is 2.08. The Morgan fingerprint density at radius 3 is 2.65 bits per heavy atom. The molecular formula is C13H18O4. The van der Waals surface area contributed by atoms with Gasteiger partial charge in [-0.25, -0.2) is 0 Å². The molecule has 0 fully saturated rings. The van der Waals surface area contributed by atoms with Crippen LogP contribution in [0.5, 0.6) is 11.5 Å². The van der Waals surface area contributed by atoms with Crippen LogP contribution in [0.1, 0.15) is 25.8 Å². The normalized spacial score (nSPS) is 10.4. The highest BCUT2D eigenvalue weighted by molar-refractivity contribution is 5.67. The molecule has 0 aliphatic heterocycles. The second-order valence-electron chi connectivity index (χ2n) is 4.03. The topological polar surface area (TPSA) is 55.8 Å². The van der Waals surface area contributed by atoms with Gasteiger partial charge in [-0.2, -0.15) is 0 Å². The average molecular weight is 238 g/mol. The molecule has 1 aromatic carbocycles. The third-order valence-electron chi connectivity index (χ3n) is 2.23. The molecule has 94 valence electrons. The minimum absolute atomic E-state index is 0.0848. The van der Waals surface area contributed by atoms with Gasteiger partial charge in [0.1, 0.15) is 11.5 Å². The second kappa shape index (κ2) is 6.13. The number of aryl methyl sites for hydroxylation is 1. The van der Waals surface area contributed by atoms with Gasteiger partial charge in [0.15, 0.2) is 0 Å². The van der Waals surface area contributed by atoms with Crippen molar-refractivity contribution in [2.75, 3.05) is 7.11 Å². The molecule has 0 saturated carbocycles. The molecule has 0 atom stereocenters. The molecule has 0 bridgehead atoms. The van der Waals surface area contributed by atoms with Crippen LogP contribution < -0.4 is 9.47 Å². The summed E-state index contributed by atoms with van der Waals surface area (Å²) in [6.45, 7) is 3.89. The molecule has 0 spiro atoms. The van der Waals surface area contributed by atoms with Gasteiger partial charge in [-0.05, 0) is 44.0 Å². The Bertz CT molecular complexity index is 385. The summed E-state index contributed by atoms with van der Waals surface area (Å²) in [4.78, 5) is 10.6. The van der Waals surface area contributed by atoms with Crippen molar-refractivity contribution in [3.05, 3.63) is 23.8 Å². The minimum Gasteiger partial charge on any atom is -0.496 e. The molecule has 0 aliphatic carbocycles. The summed E-state index contributed by atoms with van der Waals surface area (Å²) in [7, 11) is 1.57. The van der Waals surface area contributed by atoms with Crippen molar-refractivity contribution >= 4 is 5.97 Å². The number of aliphatic carboxylic acids is 1. The van der Waals surface area contributed by atoms with Gasteiger partial charge in [0.05, 0.1) is 13.2 Å². The lowest BCUT2D eigenvalue weighted by Gasteiger charge is -2.13. The van der Waals surface area contributed by atoms with Crippen molar-refractivity contribution in [3.8, 4) is 11.5 Å². The van der Waals surface area contributed by atoms with Crippen LogP contribution in [0, 0.1) is 0 Å². The Labute approximate surface area is 101 Å². The molecular weight excluding hydrogens is 220 g/mol. The highest BCUT2D eigenvalue weighted by Crippen LogP contribution is 2.25. The number of carboxylic acids is 1. The lowest BCUT2D eigenvalue weighted by molar-refractivity contribution is -0.136. The van der Waals surface area contributed by atoms with Gasteiger partial charge in [-0.15, -0.1) is 0 Å². The van der Waals surface area contributed by atoms with E-state index in [1.807, 2.05) is 26.0 Å². The first-order valence-electron chi connectivity index (χ1n) is 5.58. The molecule has 0 amide bonds. The predicted octanol–water partition coefficient (Wildman–Crippen LogP) is 2.50. The molecule has 0 saturated heterocycles. The maximum absolute atomic E-state index is 10.6. The molecule has 0 aromatic heterocycles. The van der Waals surface area contributed by atoms with Gasteiger partial charge in [0.25, 0.3) is 0 Å². The number of benzene rings is 1. The highest BCUT2D eigenvalue weighted by atomic mass is 16.5. The quantitative estimate of drug-likeness (QED) is 0.827. The summed E-state index contributed by atoms with van der Waals surface area (Å²) < 4.78 is 10.7. The first-order valence-corrected chi connectivity index (χ1v) is 5.58. The van der Waals surface area contributed by atoms with E-state index in [0.29, 0.717) is 12.2 Å². The van der Waals surface area contributed by atoms with E-state index in [0.717, 1.165) is 11.3 Å². The fourth-order valence-electron chi connectivity index (χ4n) is 1.54. The molecule has 17 heavy (non-hydrogen) atoms. The molecule has 1 aromatic rings. The third-order valence-corrected chi connectivity index (χ3v) is 2.23. The largest absolute Gasteiger partial charge is 0.496 e. The Kier molecular flexibility index (Phi) is 4.82. The van der Waals surface area contributed by atoms with Crippen molar-refractivity contribution in [2.45, 2.75) is 32.8 Å². The first kappa shape index (κ1) is 13.4. The van der Waals surface area contributed by atoms with E-state index in [-0.39, 0.29) is 12.5 Å². The molecule has 4 heteroatoms. The Morgan fingerprint density at radius 2 is 2.12 bits per heavy atom. The van der Waals surface area contributed by atoms with Gasteiger partial charge >= 0.3 is 5.97 Å². The fraction of sp³-hybridized carbons (Fsp3) is 0.462. The molecule has 0 radical (unpaired) electrons. The zero-order valence-corrected chi connectivity index (χ0v) is 10.4. The smallest absolute Gasteiger partial charge is 0.303 e. The Morgan fingerprint density at radius 1 is 1.41 bits per heavy atom. The first-order chi connectivity index (χ1) is 8.02. The summed E-state index contributed by atoms with van der Waals surface area (Å²) in [5.41, 5.74) is 0.855. The zero-order valence-electron chi connectivity index (χ0n) is 10.4. The standard InChI is InChI=1S/C13H18O4/c1-9(2)17-11-5-6-12(16-3)10(8-11)4-7-13(14)15/h5-6,8-9H,4,7H2,1-3H3,(H,14,15). The van der Waals surface area contributed by atoms with Crippen molar-refractivity contribution in [3.63, 3.8) is 0 Å². The Hall–Kier alpha value is -1.71. The van der Waals surface area contributed by atoms with Crippen LogP contribution in [0.2, 0.25) is 0 Å². The van der Waals surface area contributed by atoms with E-state index >= 15 is 0 Å². The number of rotatable bonds is 6. The van der Waals surface area contributed by atoms with Gasteiger partial charge in [0, 0.05) is 6.42 Å². The van der Waals surface area contributed by atoms with Crippen molar-refractivity contribution < 1.29 is 19.4 Å². The van der Waals surface area contributed by atoms with Crippen LogP contribution in [0.3, 0.4) is 0 Å². The van der Waals surface area contributed by atoms with Gasteiger partial charge in [-0.1, -0.05) is 0 Å². The van der Waals surface area contributed by atoms with Crippen LogP contribution in [0.25, 0.3) is 0 Å². The monoisotopic (exact) mass is 238 g/mol. The van der Waals surface area contributed by atoms with Crippen molar-refractivity contribution in [2.24, 2.45) is 0 Å². The van der Waals surface area contributed by atoms with E-state index in [4.69, 9.17) is 14.6 Å². The number of carboxylic acid groups (broad SMARTS) is 1. The lowest BCUT2D eigenvalue weighted by Crippen LogP contribution is -2.06. The third kappa shape index (κ3) is 4.34. The van der Waals surface area contributed by atoms with Gasteiger partial charge in [-0.3, -0.25) is 4.79 Å². The van der Waals surface area contributed by atoms with Crippen LogP contribution >= 0.6 is 0 Å². The average Bonchev–Trinajstić information content (AvgIpc) is 2.25. The molecule has 0 aliphatic rings. The summed E-state index contributed by atoms with van der Waals surface area (Å²) in [6, 6.07) is 5.46. The molecule has 1 N–H and O–H groups in total. The van der Waals surface area contributed by atoms with Crippen molar-refractivity contribution in [1.82, 2.24) is 0 Å². The zero-order chi connectivity index (χ0) is 12.8. The minimum atomic E-state index is -0.817. The van der Waals surface area contributed by atoms with Crippen molar-refractivity contribution in [1.29, 1.82) is 0 Å². The number of methoxy groups -OCH3 is 1. The van der Waals surface area contributed by atoms with E-state index in [9.17, 15) is 4.79 Å². The summed E-state index contributed by atoms with van der Waals surface area (Å²) in [5, 5.41) is 8.68. The summed E-state index contributed by atoms with van der Waals surface area (Å²) >= 11 is 0. The van der Waals surface area contributed by atoms with E-state index < -0.39 is 5.97 Å². The van der Waals surface area contributed by atoms with Crippen LogP contribution in [-0.2, 0) is 11.2 Å². The lowest BCUT2D eigenvalue weighted by atomic mass is 10.1. The van der Waals surface area contributed by atoms with Gasteiger partial charge < -0.3 is 14.6 Å². The Balaban J connectivity index is 2.85. The van der Waals surface area contributed by atoms with Crippen LogP contribution in [0.4, 0.5) is 0 Å². The van der Waals surface area contributed by atoms with E-state index in [2.05, 4.69) is 0 Å². The second-order valence-corrected chi connectivity index (χ2v) is 4.03. The summed E-state index contributed by atoms with van der Waals surface area (Å²) in [5.74, 6) is 0.616. The number of ether oxygens (including phenoxy) is 2. The van der Waals surface area contributed by atoms with E-state index in [1.54, 1.807) is 13.2 Å². The fourth-order valence-corrected chi connectivity index (χ4v) is 1.54. The van der Waals surface area contributed by atoms with E-state index in [1.165, 1.54) is 0 Å². The SMILES string of the molecule is COc1ccc(OC(C)C)cc1CCC(=O)O. The number of hydrogen-bond acceptors (Lipinski definition) is 3. The predicted molar refractivity (Wildman–Crippen MR) is 64.7 cm³/mol. The molecule has 0 unspecified atom stereocenters. The molecule has 4 nitrogen and oxygen atoms in total. The molecule has 0 heterocycles. The molecule has 1 rings (SSSR count).